The Labute approximate surface area is 431 Å². The van der Waals surface area contributed by atoms with Crippen molar-refractivity contribution in [3.63, 3.8) is 0 Å². The summed E-state index contributed by atoms with van der Waals surface area (Å²) in [6, 6.07) is 16.2. The maximum Gasteiger partial charge on any atom is 0.416 e. The van der Waals surface area contributed by atoms with Gasteiger partial charge in [-0.1, -0.05) is 24.3 Å². The van der Waals surface area contributed by atoms with Crippen molar-refractivity contribution in [2.75, 3.05) is 78.3 Å². The number of hydrogen-bond donors (Lipinski definition) is 5. The standard InChI is InChI=1S/C27H28F4N4O4.C26H27F4N3O4/c1-4-39-23-14-24(36)33-15-21(23)16-5-6-17(22(28)11-16)12-25(37)34-20-10-18(9-19(13-20)27(29,30)31)26(38)32-7-8-35(2)3;1-4-36-23-14-24(34)31-15-21(23)16-5-6-17(22(27)9-16)10-25(35)32-19-11-18(26(28,29)30)12-20(13-19)37-8-7-33(2)3/h5-6,9-11,13-15H,4,7-8,12H2,1-3H3,(H,32,38)(H,33,36)(H,34,37);5-6,9,11-15H,4,7-8,10H2,1-3H3,(H,31,34)(H,32,35). The number of anilines is 2. The van der Waals surface area contributed by atoms with Crippen LogP contribution in [-0.2, 0) is 34.8 Å². The fourth-order valence-electron chi connectivity index (χ4n) is 7.13. The van der Waals surface area contributed by atoms with Crippen LogP contribution in [0, 0.1) is 11.6 Å². The van der Waals surface area contributed by atoms with Crippen LogP contribution >= 0.6 is 0 Å². The Kier molecular flexibility index (Phi) is 20.5. The summed E-state index contributed by atoms with van der Waals surface area (Å²) in [6.07, 6.45) is -7.51. The molecule has 0 saturated carbocycles. The number of H-pyrrole nitrogens is 2. The number of likely N-dealkylation sites (N-methyl/N-ethyl adjacent to an activating group) is 2. The summed E-state index contributed by atoms with van der Waals surface area (Å²) < 4.78 is 127. The molecule has 76 heavy (non-hydrogen) atoms. The smallest absolute Gasteiger partial charge is 0.416 e. The quantitative estimate of drug-likeness (QED) is 0.0463. The molecular formula is C53H55F8N7O8. The number of amides is 3. The van der Waals surface area contributed by atoms with E-state index in [4.69, 9.17) is 14.2 Å². The zero-order chi connectivity index (χ0) is 55.9. The van der Waals surface area contributed by atoms with Crippen LogP contribution in [0.4, 0.5) is 46.5 Å². The van der Waals surface area contributed by atoms with E-state index in [1.54, 1.807) is 53.0 Å². The summed E-state index contributed by atoms with van der Waals surface area (Å²) in [5.41, 5.74) is -1.77. The number of aromatic amines is 2. The molecular weight excluding hydrogens is 1010 g/mol. The molecule has 4 aromatic carbocycles. The summed E-state index contributed by atoms with van der Waals surface area (Å²) in [7, 11) is 7.15. The van der Waals surface area contributed by atoms with Crippen LogP contribution < -0.4 is 41.3 Å². The van der Waals surface area contributed by atoms with Gasteiger partial charge in [-0.2, -0.15) is 26.3 Å². The van der Waals surface area contributed by atoms with Gasteiger partial charge in [0.05, 0.1) is 37.2 Å². The van der Waals surface area contributed by atoms with Crippen molar-refractivity contribution in [1.29, 1.82) is 0 Å². The van der Waals surface area contributed by atoms with E-state index in [0.29, 0.717) is 54.1 Å². The molecule has 15 nitrogen and oxygen atoms in total. The SMILES string of the molecule is CCOc1cc(=O)[nH]cc1-c1ccc(CC(=O)Nc2cc(C(=O)NCCN(C)C)cc(C(F)(F)F)c2)c(F)c1.CCOc1cc(=O)[nH]cc1-c1ccc(CC(=O)Nc2cc(OCCN(C)C)cc(C(F)(F)F)c2)c(F)c1. The van der Waals surface area contributed by atoms with E-state index in [2.05, 4.69) is 25.9 Å². The number of aromatic nitrogens is 2. The van der Waals surface area contributed by atoms with Crippen molar-refractivity contribution in [2.24, 2.45) is 0 Å². The number of halogens is 8. The van der Waals surface area contributed by atoms with Crippen molar-refractivity contribution >= 4 is 29.1 Å². The van der Waals surface area contributed by atoms with Crippen molar-refractivity contribution in [3.05, 3.63) is 157 Å². The number of pyridine rings is 2. The van der Waals surface area contributed by atoms with Gasteiger partial charge in [0, 0.05) is 78.3 Å². The molecule has 0 aliphatic rings. The number of benzene rings is 4. The second-order valence-corrected chi connectivity index (χ2v) is 17.3. The predicted octanol–water partition coefficient (Wildman–Crippen LogP) is 8.79. The first-order chi connectivity index (χ1) is 35.8. The molecule has 406 valence electrons. The van der Waals surface area contributed by atoms with Gasteiger partial charge in [0.25, 0.3) is 17.0 Å². The minimum absolute atomic E-state index is 0.00716. The second-order valence-electron chi connectivity index (χ2n) is 17.3. The lowest BCUT2D eigenvalue weighted by atomic mass is 10.0. The maximum atomic E-state index is 14.9. The molecule has 6 aromatic rings. The topological polar surface area (TPSA) is 187 Å². The van der Waals surface area contributed by atoms with Gasteiger partial charge in [-0.3, -0.25) is 24.0 Å². The van der Waals surface area contributed by atoms with Crippen LogP contribution in [0.5, 0.6) is 17.2 Å². The van der Waals surface area contributed by atoms with E-state index < -0.39 is 65.7 Å². The van der Waals surface area contributed by atoms with Crippen LogP contribution in [0.25, 0.3) is 22.3 Å². The Morgan fingerprint density at radius 3 is 1.47 bits per heavy atom. The highest BCUT2D eigenvalue weighted by Crippen LogP contribution is 2.36. The van der Waals surface area contributed by atoms with Crippen molar-refractivity contribution in [3.8, 4) is 39.5 Å². The summed E-state index contributed by atoms with van der Waals surface area (Å²) in [6.45, 7) is 5.39. The summed E-state index contributed by atoms with van der Waals surface area (Å²) >= 11 is 0. The van der Waals surface area contributed by atoms with Crippen LogP contribution in [0.1, 0.15) is 46.5 Å². The summed E-state index contributed by atoms with van der Waals surface area (Å²) in [4.78, 5) is 69.4. The number of ether oxygens (including phenoxy) is 3. The molecule has 0 radical (unpaired) electrons. The third-order valence-electron chi connectivity index (χ3n) is 10.8. The molecule has 0 aliphatic carbocycles. The third-order valence-corrected chi connectivity index (χ3v) is 10.8. The molecule has 0 unspecified atom stereocenters. The van der Waals surface area contributed by atoms with Gasteiger partial charge in [0.15, 0.2) is 0 Å². The molecule has 3 amide bonds. The van der Waals surface area contributed by atoms with Gasteiger partial charge < -0.3 is 49.9 Å². The second kappa shape index (κ2) is 26.4. The van der Waals surface area contributed by atoms with Gasteiger partial charge in [-0.25, -0.2) is 8.78 Å². The Morgan fingerprint density at radius 2 is 1.04 bits per heavy atom. The highest BCUT2D eigenvalue weighted by Gasteiger charge is 2.33. The zero-order valence-electron chi connectivity index (χ0n) is 42.1. The fourth-order valence-corrected chi connectivity index (χ4v) is 7.13. The Bertz CT molecular complexity index is 3120. The first-order valence-electron chi connectivity index (χ1n) is 23.4. The van der Waals surface area contributed by atoms with Gasteiger partial charge in [0.1, 0.15) is 35.5 Å². The van der Waals surface area contributed by atoms with Crippen LogP contribution in [0.15, 0.2) is 107 Å². The van der Waals surface area contributed by atoms with Gasteiger partial charge >= 0.3 is 12.4 Å². The van der Waals surface area contributed by atoms with Crippen LogP contribution in [-0.4, -0.2) is 105 Å². The van der Waals surface area contributed by atoms with E-state index >= 15 is 0 Å². The number of rotatable bonds is 20. The number of nitrogens with zero attached hydrogens (tertiary/aromatic N) is 2. The van der Waals surface area contributed by atoms with Crippen LogP contribution in [0.2, 0.25) is 0 Å². The lowest BCUT2D eigenvalue weighted by Crippen LogP contribution is -2.31. The molecule has 2 aromatic heterocycles. The Morgan fingerprint density at radius 1 is 0.579 bits per heavy atom. The molecule has 5 N–H and O–H groups in total. The first kappa shape index (κ1) is 58.8. The largest absolute Gasteiger partial charge is 0.493 e. The highest BCUT2D eigenvalue weighted by molar-refractivity contribution is 5.98. The van der Waals surface area contributed by atoms with Gasteiger partial charge in [-0.05, 0) is 107 Å². The fraction of sp³-hybridized carbons (Fsp3) is 0.302. The first-order valence-corrected chi connectivity index (χ1v) is 23.4. The van der Waals surface area contributed by atoms with Gasteiger partial charge in [0.2, 0.25) is 11.8 Å². The van der Waals surface area contributed by atoms with E-state index in [9.17, 15) is 59.1 Å². The average molecular weight is 1070 g/mol. The summed E-state index contributed by atoms with van der Waals surface area (Å²) in [5.74, 6) is -3.15. The van der Waals surface area contributed by atoms with Gasteiger partial charge in [-0.15, -0.1) is 0 Å². The third kappa shape index (κ3) is 17.5. The molecule has 0 spiro atoms. The van der Waals surface area contributed by atoms with E-state index in [1.165, 1.54) is 60.9 Å². The molecule has 0 fully saturated rings. The highest BCUT2D eigenvalue weighted by atomic mass is 19.4. The molecule has 0 aliphatic heterocycles. The van der Waals surface area contributed by atoms with E-state index in [1.807, 2.05) is 4.90 Å². The average Bonchev–Trinajstić information content (AvgIpc) is 3.32. The van der Waals surface area contributed by atoms with Crippen molar-refractivity contribution in [2.45, 2.75) is 39.0 Å². The lowest BCUT2D eigenvalue weighted by molar-refractivity contribution is -0.138. The molecule has 6 rings (SSSR count). The zero-order valence-corrected chi connectivity index (χ0v) is 42.1. The van der Waals surface area contributed by atoms with E-state index in [-0.39, 0.29) is 76.2 Å². The number of nitrogens with one attached hydrogen (secondary N) is 5. The number of carbonyl (C=O) groups excluding carboxylic acids is 3. The molecule has 23 heteroatoms. The molecule has 0 atom stereocenters. The number of carbonyl (C=O) groups is 3. The lowest BCUT2D eigenvalue weighted by Gasteiger charge is -2.15. The van der Waals surface area contributed by atoms with Crippen molar-refractivity contribution < 1.29 is 63.7 Å². The summed E-state index contributed by atoms with van der Waals surface area (Å²) in [5, 5.41) is 7.25. The Balaban J connectivity index is 0.000000281. The van der Waals surface area contributed by atoms with Crippen molar-refractivity contribution in [1.82, 2.24) is 25.1 Å². The Hall–Kier alpha value is -8.05. The monoisotopic (exact) mass is 1070 g/mol. The minimum atomic E-state index is -4.76. The minimum Gasteiger partial charge on any atom is -0.493 e. The molecule has 2 heterocycles. The predicted molar refractivity (Wildman–Crippen MR) is 270 cm³/mol. The van der Waals surface area contributed by atoms with Crippen LogP contribution in [0.3, 0.4) is 0 Å². The molecule has 0 bridgehead atoms. The van der Waals surface area contributed by atoms with E-state index in [0.717, 1.165) is 18.2 Å². The number of alkyl halides is 6. The maximum absolute atomic E-state index is 14.9. The number of hydrogen-bond acceptors (Lipinski definition) is 10. The normalized spacial score (nSPS) is 11.4. The molecule has 0 saturated heterocycles.